The van der Waals surface area contributed by atoms with Crippen LogP contribution in [0, 0.1) is 0 Å². The zero-order chi connectivity index (χ0) is 24.4. The summed E-state index contributed by atoms with van der Waals surface area (Å²) in [6.45, 7) is 4.77. The van der Waals surface area contributed by atoms with Gasteiger partial charge < -0.3 is 10.1 Å². The van der Waals surface area contributed by atoms with E-state index < -0.39 is 0 Å². The smallest absolute Gasteiger partial charge is 0.266 e. The maximum Gasteiger partial charge on any atom is 0.266 e. The van der Waals surface area contributed by atoms with Crippen molar-refractivity contribution in [2.75, 3.05) is 12.4 Å². The Bertz CT molecular complexity index is 1450. The van der Waals surface area contributed by atoms with Crippen LogP contribution in [0.15, 0.2) is 82.7 Å². The number of hydrogen-bond donors (Lipinski definition) is 1. The Morgan fingerprint density at radius 1 is 1.09 bits per heavy atom. The predicted molar refractivity (Wildman–Crippen MR) is 140 cm³/mol. The highest BCUT2D eigenvalue weighted by molar-refractivity contribution is 7.99. The summed E-state index contributed by atoms with van der Waals surface area (Å²) in [5.74, 6) is 1.07. The number of rotatable bonds is 6. The fourth-order valence-corrected chi connectivity index (χ4v) is 5.28. The van der Waals surface area contributed by atoms with Crippen LogP contribution in [-0.4, -0.2) is 27.8 Å². The zero-order valence-corrected chi connectivity index (χ0v) is 20.5. The van der Waals surface area contributed by atoms with Crippen LogP contribution in [0.2, 0.25) is 0 Å². The summed E-state index contributed by atoms with van der Waals surface area (Å²) in [6, 6.07) is 22.9. The summed E-state index contributed by atoms with van der Waals surface area (Å²) in [6.07, 6.45) is 0.716. The van der Waals surface area contributed by atoms with Crippen LogP contribution in [-0.2, 0) is 4.79 Å². The lowest BCUT2D eigenvalue weighted by atomic mass is 10.0. The molecule has 1 N–H and O–H groups in total. The molecule has 6 nitrogen and oxygen atoms in total. The third-order valence-electron chi connectivity index (χ3n) is 6.17. The molecule has 1 atom stereocenters. The first-order valence-electron chi connectivity index (χ1n) is 11.8. The van der Waals surface area contributed by atoms with Gasteiger partial charge in [0, 0.05) is 12.0 Å². The van der Waals surface area contributed by atoms with Gasteiger partial charge in [-0.2, -0.15) is 0 Å². The van der Waals surface area contributed by atoms with Crippen molar-refractivity contribution in [1.29, 1.82) is 0 Å². The molecule has 0 bridgehead atoms. The van der Waals surface area contributed by atoms with Crippen LogP contribution in [0.4, 0.5) is 0 Å². The van der Waals surface area contributed by atoms with Crippen molar-refractivity contribution < 1.29 is 9.53 Å². The lowest BCUT2D eigenvalue weighted by Crippen LogP contribution is -2.33. The van der Waals surface area contributed by atoms with Gasteiger partial charge in [0.1, 0.15) is 5.75 Å². The molecule has 1 unspecified atom stereocenters. The van der Waals surface area contributed by atoms with E-state index >= 15 is 0 Å². The number of carbonyl (C=O) groups is 1. The Morgan fingerprint density at radius 2 is 1.83 bits per heavy atom. The number of hydrogen-bond acceptors (Lipinski definition) is 5. The molecule has 0 radical (unpaired) electrons. The van der Waals surface area contributed by atoms with Crippen molar-refractivity contribution >= 4 is 28.6 Å². The summed E-state index contributed by atoms with van der Waals surface area (Å²) in [5.41, 5.74) is 3.33. The number of thioether (sulfide) groups is 1. The number of amides is 1. The summed E-state index contributed by atoms with van der Waals surface area (Å²) >= 11 is 1.28. The maximum absolute atomic E-state index is 13.6. The van der Waals surface area contributed by atoms with E-state index in [4.69, 9.17) is 9.72 Å². The van der Waals surface area contributed by atoms with Gasteiger partial charge in [-0.05, 0) is 35.7 Å². The summed E-state index contributed by atoms with van der Waals surface area (Å²) in [5, 5.41) is 4.19. The van der Waals surface area contributed by atoms with Crippen molar-refractivity contribution in [2.45, 2.75) is 37.4 Å². The number of fused-ring (bicyclic) bond motifs is 2. The normalized spacial score (nSPS) is 15.0. The van der Waals surface area contributed by atoms with Crippen LogP contribution in [0.5, 0.6) is 5.75 Å². The molecule has 4 aromatic rings. The number of carbonyl (C=O) groups excluding carboxylic acids is 1. The second-order valence-electron chi connectivity index (χ2n) is 8.85. The van der Waals surface area contributed by atoms with Gasteiger partial charge in [-0.15, -0.1) is 0 Å². The van der Waals surface area contributed by atoms with E-state index in [1.165, 1.54) is 11.8 Å². The topological polar surface area (TPSA) is 73.2 Å². The second kappa shape index (κ2) is 9.96. The monoisotopic (exact) mass is 485 g/mol. The summed E-state index contributed by atoms with van der Waals surface area (Å²) < 4.78 is 7.36. The third kappa shape index (κ3) is 4.68. The largest absolute Gasteiger partial charge is 0.493 e. The molecular weight excluding hydrogens is 458 g/mol. The molecule has 7 heteroatoms. The molecule has 0 fully saturated rings. The first kappa shape index (κ1) is 23.2. The van der Waals surface area contributed by atoms with Gasteiger partial charge >= 0.3 is 0 Å². The number of nitrogens with zero attached hydrogens (tertiary/aromatic N) is 2. The molecule has 1 amide bonds. The van der Waals surface area contributed by atoms with E-state index in [0.717, 1.165) is 22.6 Å². The van der Waals surface area contributed by atoms with Crippen LogP contribution in [0.3, 0.4) is 0 Å². The Kier molecular flexibility index (Phi) is 6.59. The summed E-state index contributed by atoms with van der Waals surface area (Å²) in [4.78, 5) is 31.4. The molecule has 0 saturated carbocycles. The molecule has 1 aliphatic rings. The van der Waals surface area contributed by atoms with E-state index in [9.17, 15) is 9.59 Å². The number of aromatic nitrogens is 2. The molecule has 35 heavy (non-hydrogen) atoms. The van der Waals surface area contributed by atoms with E-state index in [0.29, 0.717) is 29.1 Å². The molecule has 178 valence electrons. The van der Waals surface area contributed by atoms with Gasteiger partial charge in [0.2, 0.25) is 5.91 Å². The van der Waals surface area contributed by atoms with Gasteiger partial charge in [-0.25, -0.2) is 4.98 Å². The highest BCUT2D eigenvalue weighted by atomic mass is 32.2. The quantitative estimate of drug-likeness (QED) is 0.299. The Balaban J connectivity index is 1.46. The van der Waals surface area contributed by atoms with Crippen molar-refractivity contribution in [3.05, 3.63) is 94.3 Å². The average molecular weight is 486 g/mol. The number of benzene rings is 3. The Labute approximate surface area is 208 Å². The molecule has 5 rings (SSSR count). The fraction of sp³-hybridized carbons (Fsp3) is 0.250. The predicted octanol–water partition coefficient (Wildman–Crippen LogP) is 5.24. The van der Waals surface area contributed by atoms with Gasteiger partial charge in [-0.3, -0.25) is 14.2 Å². The SMILES string of the molecule is CC(C)c1ccccc1-n1c(SCC(=O)NC2CCOc3ccccc32)nc2ccccc2c1=O. The lowest BCUT2D eigenvalue weighted by molar-refractivity contribution is -0.119. The molecule has 1 aromatic heterocycles. The second-order valence-corrected chi connectivity index (χ2v) is 9.79. The number of para-hydroxylation sites is 3. The van der Waals surface area contributed by atoms with E-state index in [-0.39, 0.29) is 29.2 Å². The minimum absolute atomic E-state index is 0.0959. The van der Waals surface area contributed by atoms with Crippen LogP contribution >= 0.6 is 11.8 Å². The minimum Gasteiger partial charge on any atom is -0.493 e. The van der Waals surface area contributed by atoms with Gasteiger partial charge in [-0.1, -0.05) is 74.1 Å². The van der Waals surface area contributed by atoms with Gasteiger partial charge in [0.25, 0.3) is 5.56 Å². The van der Waals surface area contributed by atoms with Gasteiger partial charge in [0.15, 0.2) is 5.16 Å². The molecule has 3 aromatic carbocycles. The molecule has 2 heterocycles. The fourth-order valence-electron chi connectivity index (χ4n) is 4.46. The highest BCUT2D eigenvalue weighted by Gasteiger charge is 2.23. The van der Waals surface area contributed by atoms with Crippen molar-refractivity contribution in [1.82, 2.24) is 14.9 Å². The molecule has 0 spiro atoms. The molecule has 0 aliphatic carbocycles. The average Bonchev–Trinajstić information content (AvgIpc) is 2.88. The molecule has 0 saturated heterocycles. The van der Waals surface area contributed by atoms with Gasteiger partial charge in [0.05, 0.1) is 35.0 Å². The van der Waals surface area contributed by atoms with E-state index in [1.54, 1.807) is 10.6 Å². The Morgan fingerprint density at radius 3 is 2.69 bits per heavy atom. The van der Waals surface area contributed by atoms with Crippen molar-refractivity contribution in [3.63, 3.8) is 0 Å². The Hall–Kier alpha value is -3.58. The summed E-state index contributed by atoms with van der Waals surface area (Å²) in [7, 11) is 0. The lowest BCUT2D eigenvalue weighted by Gasteiger charge is -2.26. The van der Waals surface area contributed by atoms with E-state index in [2.05, 4.69) is 19.2 Å². The third-order valence-corrected chi connectivity index (χ3v) is 7.11. The first-order valence-corrected chi connectivity index (χ1v) is 12.8. The van der Waals surface area contributed by atoms with Crippen LogP contribution in [0.1, 0.15) is 43.4 Å². The van der Waals surface area contributed by atoms with Crippen LogP contribution in [0.25, 0.3) is 16.6 Å². The molecule has 1 aliphatic heterocycles. The molecular formula is C28H27N3O3S. The minimum atomic E-state index is -0.134. The zero-order valence-electron chi connectivity index (χ0n) is 19.7. The first-order chi connectivity index (χ1) is 17.0. The van der Waals surface area contributed by atoms with Crippen LogP contribution < -0.4 is 15.6 Å². The van der Waals surface area contributed by atoms with Crippen molar-refractivity contribution in [2.24, 2.45) is 0 Å². The van der Waals surface area contributed by atoms with E-state index in [1.807, 2.05) is 66.7 Å². The number of ether oxygens (including phenoxy) is 1. The number of nitrogens with one attached hydrogen (secondary N) is 1. The highest BCUT2D eigenvalue weighted by Crippen LogP contribution is 2.32. The standard InChI is InChI=1S/C28H27N3O3S/c1-18(2)19-9-4-7-13-24(19)31-27(33)21-11-3-6-12-22(21)30-28(31)35-17-26(32)29-23-15-16-34-25-14-8-5-10-20(23)25/h3-14,18,23H,15-17H2,1-2H3,(H,29,32). The maximum atomic E-state index is 13.6. The van der Waals surface area contributed by atoms with Crippen molar-refractivity contribution in [3.8, 4) is 11.4 Å².